The minimum Gasteiger partial charge on any atom is -0.459 e. The van der Waals surface area contributed by atoms with Crippen LogP contribution in [0.25, 0.3) is 0 Å². The van der Waals surface area contributed by atoms with Crippen LogP contribution in [0.2, 0.25) is 0 Å². The summed E-state index contributed by atoms with van der Waals surface area (Å²) >= 11 is 0. The van der Waals surface area contributed by atoms with Crippen LogP contribution in [0, 0.1) is 20.8 Å². The van der Waals surface area contributed by atoms with Crippen LogP contribution in [0.4, 0.5) is 0 Å². The second-order valence-corrected chi connectivity index (χ2v) is 10.4. The summed E-state index contributed by atoms with van der Waals surface area (Å²) in [5, 5.41) is 3.86. The number of hydrogen-bond acceptors (Lipinski definition) is 10. The van der Waals surface area contributed by atoms with E-state index < -0.39 is 60.3 Å². The summed E-state index contributed by atoms with van der Waals surface area (Å²) in [7, 11) is 0. The molecule has 0 radical (unpaired) electrons. The first kappa shape index (κ1) is 30.1. The van der Waals surface area contributed by atoms with E-state index in [2.05, 4.69) is 10.1 Å². The number of carbonyl (C=O) groups excluding carboxylic acids is 3. The zero-order chi connectivity index (χ0) is 31.4. The predicted octanol–water partition coefficient (Wildman–Crippen LogP) is 3.06. The molecule has 44 heavy (non-hydrogen) atoms. The van der Waals surface area contributed by atoms with Crippen LogP contribution in [-0.4, -0.2) is 57.6 Å². The lowest BCUT2D eigenvalue weighted by atomic mass is 10.1. The molecule has 1 aliphatic heterocycles. The molecule has 1 aromatic heterocycles. The van der Waals surface area contributed by atoms with Gasteiger partial charge in [-0.25, -0.2) is 19.2 Å². The van der Waals surface area contributed by atoms with Gasteiger partial charge in [-0.05, 0) is 57.2 Å². The molecule has 0 saturated carbocycles. The fraction of sp³-hybridized carbons (Fsp3) is 0.250. The van der Waals surface area contributed by atoms with E-state index in [-0.39, 0.29) is 16.7 Å². The second-order valence-electron chi connectivity index (χ2n) is 10.4. The first-order chi connectivity index (χ1) is 21.1. The normalized spacial score (nSPS) is 19.2. The molecule has 0 amide bonds. The number of nitrogens with zero attached hydrogens (tertiary/aromatic N) is 2. The monoisotopic (exact) mass is 599 g/mol. The Morgan fingerprint density at radius 3 is 1.66 bits per heavy atom. The number of aromatic nitrogens is 3. The minimum absolute atomic E-state index is 0.189. The van der Waals surface area contributed by atoms with E-state index in [1.54, 1.807) is 72.8 Å². The number of nitrogens with one attached hydrogen (secondary N) is 1. The molecule has 1 N–H and O–H groups in total. The molecule has 4 atom stereocenters. The third-order valence-corrected chi connectivity index (χ3v) is 6.99. The highest BCUT2D eigenvalue weighted by Gasteiger charge is 2.52. The van der Waals surface area contributed by atoms with Gasteiger partial charge in [0.15, 0.2) is 18.4 Å². The Morgan fingerprint density at radius 1 is 0.727 bits per heavy atom. The predicted molar refractivity (Wildman–Crippen MR) is 155 cm³/mol. The van der Waals surface area contributed by atoms with Crippen molar-refractivity contribution in [3.8, 4) is 0 Å². The van der Waals surface area contributed by atoms with E-state index in [0.29, 0.717) is 0 Å². The van der Waals surface area contributed by atoms with E-state index in [9.17, 15) is 24.0 Å². The van der Waals surface area contributed by atoms with Gasteiger partial charge < -0.3 is 18.9 Å². The van der Waals surface area contributed by atoms with Crippen molar-refractivity contribution in [3.05, 3.63) is 133 Å². The average molecular weight is 600 g/mol. The highest BCUT2D eigenvalue weighted by molar-refractivity contribution is 5.91. The van der Waals surface area contributed by atoms with Crippen molar-refractivity contribution in [2.75, 3.05) is 6.61 Å². The first-order valence-electron chi connectivity index (χ1n) is 13.7. The zero-order valence-electron chi connectivity index (χ0n) is 24.1. The smallest absolute Gasteiger partial charge is 0.347 e. The van der Waals surface area contributed by atoms with Crippen LogP contribution in [-0.2, 0) is 18.9 Å². The molecule has 0 aliphatic carbocycles. The maximum Gasteiger partial charge on any atom is 0.347 e. The van der Waals surface area contributed by atoms with Crippen LogP contribution in [0.15, 0.2) is 88.6 Å². The molecule has 1 fully saturated rings. The molecule has 0 spiro atoms. The van der Waals surface area contributed by atoms with Crippen LogP contribution < -0.4 is 11.2 Å². The third-order valence-electron chi connectivity index (χ3n) is 6.99. The average Bonchev–Trinajstić information content (AvgIpc) is 3.32. The van der Waals surface area contributed by atoms with E-state index >= 15 is 0 Å². The van der Waals surface area contributed by atoms with Gasteiger partial charge in [-0.3, -0.25) is 9.78 Å². The number of hydrogen-bond donors (Lipinski definition) is 1. The lowest BCUT2D eigenvalue weighted by Gasteiger charge is -2.24. The van der Waals surface area contributed by atoms with Gasteiger partial charge >= 0.3 is 23.6 Å². The van der Waals surface area contributed by atoms with E-state index in [0.717, 1.165) is 27.6 Å². The molecule has 0 bridgehead atoms. The fourth-order valence-corrected chi connectivity index (χ4v) is 4.54. The van der Waals surface area contributed by atoms with Crippen molar-refractivity contribution in [1.29, 1.82) is 0 Å². The number of H-pyrrole nitrogens is 1. The van der Waals surface area contributed by atoms with Crippen molar-refractivity contribution < 1.29 is 33.3 Å². The molecule has 12 nitrogen and oxygen atoms in total. The highest BCUT2D eigenvalue weighted by atomic mass is 16.7. The number of esters is 3. The Morgan fingerprint density at radius 2 is 1.18 bits per heavy atom. The quantitative estimate of drug-likeness (QED) is 0.236. The highest BCUT2D eigenvalue weighted by Crippen LogP contribution is 2.34. The lowest BCUT2D eigenvalue weighted by Crippen LogP contribution is -2.43. The van der Waals surface area contributed by atoms with E-state index in [4.69, 9.17) is 18.9 Å². The van der Waals surface area contributed by atoms with Crippen molar-refractivity contribution in [2.24, 2.45) is 0 Å². The Bertz CT molecular complexity index is 1780. The topological polar surface area (TPSA) is 156 Å². The standard InChI is InChI=1S/C32H29N3O9/c1-18-4-10-21(11-5-18)29(37)41-17-24-26(43-30(38)22-12-6-19(2)7-13-22)27(44-31(39)23-14-8-20(3)9-15-23)28(42-24)35-32(40)34-25(36)16-33-35/h4-16,24,26-28H,17H2,1-3H3,(H,34,36,40)/t24-,26+,27+,28-/m0/s1. The Kier molecular flexibility index (Phi) is 8.81. The number of ether oxygens (including phenoxy) is 4. The van der Waals surface area contributed by atoms with Gasteiger partial charge in [0.2, 0.25) is 0 Å². The van der Waals surface area contributed by atoms with Crippen LogP contribution in [0.1, 0.15) is 54.0 Å². The SMILES string of the molecule is Cc1ccc(C(=O)OC[C@@H]2O[C@H](n3ncc(=O)[nH]c3=O)[C@H](OC(=O)c3ccc(C)cc3)[C@@H]2OC(=O)c2ccc(C)cc2)cc1. The third kappa shape index (κ3) is 6.81. The maximum atomic E-state index is 13.3. The minimum atomic E-state index is -1.47. The largest absolute Gasteiger partial charge is 0.459 e. The number of aromatic amines is 1. The van der Waals surface area contributed by atoms with Gasteiger partial charge in [0.1, 0.15) is 18.9 Å². The number of carbonyl (C=O) groups is 3. The van der Waals surface area contributed by atoms with Crippen LogP contribution in [0.3, 0.4) is 0 Å². The zero-order valence-corrected chi connectivity index (χ0v) is 24.1. The summed E-state index contributed by atoms with van der Waals surface area (Å²) in [6, 6.07) is 19.8. The molecule has 3 aromatic carbocycles. The summed E-state index contributed by atoms with van der Waals surface area (Å²) in [6.07, 6.45) is -4.64. The van der Waals surface area contributed by atoms with Gasteiger partial charge in [-0.1, -0.05) is 53.1 Å². The summed E-state index contributed by atoms with van der Waals surface area (Å²) < 4.78 is 24.0. The van der Waals surface area contributed by atoms with Gasteiger partial charge in [0, 0.05) is 0 Å². The number of benzene rings is 3. The molecule has 1 saturated heterocycles. The summed E-state index contributed by atoms with van der Waals surface area (Å²) in [6.45, 7) is 5.15. The number of aryl methyl sites for hydroxylation is 3. The fourth-order valence-electron chi connectivity index (χ4n) is 4.54. The molecule has 0 unspecified atom stereocenters. The maximum absolute atomic E-state index is 13.3. The van der Waals surface area contributed by atoms with Gasteiger partial charge in [0.05, 0.1) is 16.7 Å². The molecule has 5 rings (SSSR count). The molecule has 1 aliphatic rings. The Balaban J connectivity index is 1.50. The van der Waals surface area contributed by atoms with Crippen molar-refractivity contribution in [2.45, 2.75) is 45.3 Å². The molecule has 12 heteroatoms. The van der Waals surface area contributed by atoms with Crippen molar-refractivity contribution in [3.63, 3.8) is 0 Å². The van der Waals surface area contributed by atoms with Crippen LogP contribution >= 0.6 is 0 Å². The molecule has 4 aromatic rings. The molecule has 226 valence electrons. The van der Waals surface area contributed by atoms with E-state index in [1.165, 1.54) is 0 Å². The summed E-state index contributed by atoms with van der Waals surface area (Å²) in [4.78, 5) is 66.0. The number of rotatable bonds is 8. The van der Waals surface area contributed by atoms with Gasteiger partial charge in [-0.15, -0.1) is 0 Å². The van der Waals surface area contributed by atoms with Crippen molar-refractivity contribution in [1.82, 2.24) is 14.8 Å². The van der Waals surface area contributed by atoms with Gasteiger partial charge in [-0.2, -0.15) is 9.78 Å². The van der Waals surface area contributed by atoms with Gasteiger partial charge in [0.25, 0.3) is 5.56 Å². The summed E-state index contributed by atoms with van der Waals surface area (Å²) in [5.74, 6) is -2.24. The van der Waals surface area contributed by atoms with Crippen molar-refractivity contribution >= 4 is 17.9 Å². The molecule has 2 heterocycles. The molecular formula is C32H29N3O9. The molecular weight excluding hydrogens is 570 g/mol. The van der Waals surface area contributed by atoms with Crippen LogP contribution in [0.5, 0.6) is 0 Å². The Labute approximate surface area is 251 Å². The second kappa shape index (κ2) is 12.9. The van der Waals surface area contributed by atoms with E-state index in [1.807, 2.05) is 20.8 Å². The first-order valence-corrected chi connectivity index (χ1v) is 13.7. The summed E-state index contributed by atoms with van der Waals surface area (Å²) in [5.41, 5.74) is 1.73. The Hall–Kier alpha value is -5.36. The lowest BCUT2D eigenvalue weighted by molar-refractivity contribution is -0.0699.